The number of hydrogen-bond donors (Lipinski definition) is 1. The molecule has 0 spiro atoms. The van der Waals surface area contributed by atoms with Crippen molar-refractivity contribution in [1.29, 1.82) is 0 Å². The van der Waals surface area contributed by atoms with E-state index in [0.717, 1.165) is 5.56 Å². The van der Waals surface area contributed by atoms with Crippen molar-refractivity contribution in [3.8, 4) is 0 Å². The van der Waals surface area contributed by atoms with Crippen molar-refractivity contribution in [3.63, 3.8) is 0 Å². The lowest BCUT2D eigenvalue weighted by molar-refractivity contribution is 0.565. The van der Waals surface area contributed by atoms with Crippen molar-refractivity contribution in [2.45, 2.75) is 19.5 Å². The van der Waals surface area contributed by atoms with Crippen LogP contribution in [-0.2, 0) is 6.54 Å². The molecule has 1 atom stereocenters. The standard InChI is InChI=1S/C15H13Cl3FN/c1-9(11-6-15(19)14(18)7-13(11)17)20-8-10-4-2-3-5-12(10)16/h2-7,9,20H,8H2,1H3. The van der Waals surface area contributed by atoms with Crippen LogP contribution in [0.4, 0.5) is 4.39 Å². The SMILES string of the molecule is CC(NCc1ccccc1Cl)c1cc(F)c(Cl)cc1Cl. The number of rotatable bonds is 4. The van der Waals surface area contributed by atoms with Crippen LogP contribution < -0.4 is 5.32 Å². The van der Waals surface area contributed by atoms with Gasteiger partial charge in [0.05, 0.1) is 5.02 Å². The topological polar surface area (TPSA) is 12.0 Å². The molecule has 0 saturated carbocycles. The first kappa shape index (κ1) is 15.6. The van der Waals surface area contributed by atoms with Gasteiger partial charge < -0.3 is 5.32 Å². The molecule has 106 valence electrons. The quantitative estimate of drug-likeness (QED) is 0.715. The molecule has 5 heteroatoms. The third kappa shape index (κ3) is 3.64. The van der Waals surface area contributed by atoms with Crippen molar-refractivity contribution in [2.24, 2.45) is 0 Å². The molecule has 1 unspecified atom stereocenters. The summed E-state index contributed by atoms with van der Waals surface area (Å²) in [5.74, 6) is -0.475. The fraction of sp³-hybridized carbons (Fsp3) is 0.200. The normalized spacial score (nSPS) is 12.4. The molecule has 0 radical (unpaired) electrons. The number of benzene rings is 2. The average molecular weight is 333 g/mol. The van der Waals surface area contributed by atoms with E-state index in [1.807, 2.05) is 31.2 Å². The molecule has 0 aromatic heterocycles. The molecule has 1 N–H and O–H groups in total. The van der Waals surface area contributed by atoms with E-state index in [2.05, 4.69) is 5.32 Å². The van der Waals surface area contributed by atoms with Gasteiger partial charge in [0, 0.05) is 22.6 Å². The Kier molecular flexibility index (Phi) is 5.28. The molecule has 20 heavy (non-hydrogen) atoms. The van der Waals surface area contributed by atoms with Crippen molar-refractivity contribution < 1.29 is 4.39 Å². The maximum absolute atomic E-state index is 13.5. The van der Waals surface area contributed by atoms with Crippen LogP contribution in [0.1, 0.15) is 24.1 Å². The second-order valence-corrected chi connectivity index (χ2v) is 5.70. The van der Waals surface area contributed by atoms with Gasteiger partial charge in [-0.2, -0.15) is 0 Å². The van der Waals surface area contributed by atoms with Crippen LogP contribution in [-0.4, -0.2) is 0 Å². The summed E-state index contributed by atoms with van der Waals surface area (Å²) in [6.45, 7) is 2.48. The average Bonchev–Trinajstić information content (AvgIpc) is 2.41. The molecule has 0 bridgehead atoms. The molecule has 0 heterocycles. The second kappa shape index (κ2) is 6.77. The van der Waals surface area contributed by atoms with Crippen molar-refractivity contribution >= 4 is 34.8 Å². The summed E-state index contributed by atoms with van der Waals surface area (Å²) >= 11 is 17.9. The largest absolute Gasteiger partial charge is 0.306 e. The van der Waals surface area contributed by atoms with Crippen LogP contribution >= 0.6 is 34.8 Å². The van der Waals surface area contributed by atoms with E-state index >= 15 is 0 Å². The van der Waals surface area contributed by atoms with Crippen LogP contribution in [0, 0.1) is 5.82 Å². The Morgan fingerprint density at radius 2 is 1.75 bits per heavy atom. The molecule has 0 saturated heterocycles. The minimum absolute atomic E-state index is 0.0250. The summed E-state index contributed by atoms with van der Waals surface area (Å²) in [4.78, 5) is 0. The van der Waals surface area contributed by atoms with Crippen molar-refractivity contribution in [1.82, 2.24) is 5.32 Å². The third-order valence-electron chi connectivity index (χ3n) is 3.06. The highest BCUT2D eigenvalue weighted by molar-refractivity contribution is 6.35. The van der Waals surface area contributed by atoms with E-state index in [0.29, 0.717) is 22.2 Å². The number of halogens is 4. The molecular weight excluding hydrogens is 320 g/mol. The van der Waals surface area contributed by atoms with Gasteiger partial charge in [-0.1, -0.05) is 53.0 Å². The molecule has 0 aliphatic heterocycles. The smallest absolute Gasteiger partial charge is 0.142 e. The minimum Gasteiger partial charge on any atom is -0.306 e. The van der Waals surface area contributed by atoms with Crippen molar-refractivity contribution in [3.05, 3.63) is 68.4 Å². The summed E-state index contributed by atoms with van der Waals surface area (Å²) in [6.07, 6.45) is 0. The van der Waals surface area contributed by atoms with Gasteiger partial charge in [0.15, 0.2) is 0 Å². The van der Waals surface area contributed by atoms with Crippen molar-refractivity contribution in [2.75, 3.05) is 0 Å². The minimum atomic E-state index is -0.475. The Morgan fingerprint density at radius 3 is 2.45 bits per heavy atom. The van der Waals surface area contributed by atoms with Gasteiger partial charge in [0.2, 0.25) is 0 Å². The first-order valence-corrected chi connectivity index (χ1v) is 7.23. The number of nitrogens with one attached hydrogen (secondary N) is 1. The molecule has 0 aliphatic rings. The molecule has 2 aromatic rings. The predicted octanol–water partition coefficient (Wildman–Crippen LogP) is 5.64. The van der Waals surface area contributed by atoms with E-state index in [4.69, 9.17) is 34.8 Å². The van der Waals surface area contributed by atoms with Crippen LogP contribution in [0.15, 0.2) is 36.4 Å². The van der Waals surface area contributed by atoms with Gasteiger partial charge >= 0.3 is 0 Å². The third-order valence-corrected chi connectivity index (χ3v) is 4.05. The lowest BCUT2D eigenvalue weighted by Crippen LogP contribution is -2.18. The molecule has 0 fully saturated rings. The highest BCUT2D eigenvalue weighted by Gasteiger charge is 2.13. The van der Waals surface area contributed by atoms with Gasteiger partial charge in [0.1, 0.15) is 5.82 Å². The van der Waals surface area contributed by atoms with E-state index < -0.39 is 5.82 Å². The van der Waals surface area contributed by atoms with Gasteiger partial charge in [0.25, 0.3) is 0 Å². The Hall–Kier alpha value is -0.800. The Labute approximate surface area is 132 Å². The molecular formula is C15H13Cl3FN. The van der Waals surface area contributed by atoms with Gasteiger partial charge in [-0.05, 0) is 36.2 Å². The van der Waals surface area contributed by atoms with Gasteiger partial charge in [-0.25, -0.2) is 4.39 Å². The maximum atomic E-state index is 13.5. The summed E-state index contributed by atoms with van der Waals surface area (Å²) in [6, 6.07) is 10.2. The van der Waals surface area contributed by atoms with Crippen LogP contribution in [0.2, 0.25) is 15.1 Å². The zero-order chi connectivity index (χ0) is 14.7. The van der Waals surface area contributed by atoms with Gasteiger partial charge in [-0.15, -0.1) is 0 Å². The van der Waals surface area contributed by atoms with E-state index in [1.165, 1.54) is 12.1 Å². The van der Waals surface area contributed by atoms with Gasteiger partial charge in [-0.3, -0.25) is 0 Å². The fourth-order valence-corrected chi connectivity index (χ4v) is 2.63. The summed E-state index contributed by atoms with van der Waals surface area (Å²) in [7, 11) is 0. The van der Waals surface area contributed by atoms with Crippen LogP contribution in [0.5, 0.6) is 0 Å². The lowest BCUT2D eigenvalue weighted by Gasteiger charge is -2.17. The molecule has 1 nitrogen and oxygen atoms in total. The highest BCUT2D eigenvalue weighted by atomic mass is 35.5. The zero-order valence-corrected chi connectivity index (χ0v) is 13.0. The molecule has 0 aliphatic carbocycles. The summed E-state index contributed by atoms with van der Waals surface area (Å²) in [5, 5.41) is 4.43. The van der Waals surface area contributed by atoms with Crippen LogP contribution in [0.3, 0.4) is 0 Å². The summed E-state index contributed by atoms with van der Waals surface area (Å²) in [5.41, 5.74) is 1.65. The monoisotopic (exact) mass is 331 g/mol. The Balaban J connectivity index is 2.11. The molecule has 2 rings (SSSR count). The lowest BCUT2D eigenvalue weighted by atomic mass is 10.1. The van der Waals surface area contributed by atoms with E-state index in [1.54, 1.807) is 0 Å². The predicted molar refractivity (Wildman–Crippen MR) is 83.1 cm³/mol. The maximum Gasteiger partial charge on any atom is 0.142 e. The first-order valence-electron chi connectivity index (χ1n) is 6.10. The zero-order valence-electron chi connectivity index (χ0n) is 10.8. The van der Waals surface area contributed by atoms with E-state index in [9.17, 15) is 4.39 Å². The highest BCUT2D eigenvalue weighted by Crippen LogP contribution is 2.29. The first-order chi connectivity index (χ1) is 9.49. The number of hydrogen-bond acceptors (Lipinski definition) is 1. The summed E-state index contributed by atoms with van der Waals surface area (Å²) < 4.78 is 13.5. The fourth-order valence-electron chi connectivity index (χ4n) is 1.88. The molecule has 0 amide bonds. The second-order valence-electron chi connectivity index (χ2n) is 4.48. The Bertz CT molecular complexity index is 616. The van der Waals surface area contributed by atoms with E-state index in [-0.39, 0.29) is 11.1 Å². The van der Waals surface area contributed by atoms with Crippen LogP contribution in [0.25, 0.3) is 0 Å². The molecule has 2 aromatic carbocycles. The Morgan fingerprint density at radius 1 is 1.05 bits per heavy atom.